The van der Waals surface area contributed by atoms with Gasteiger partial charge in [-0.3, -0.25) is 0 Å². The molecule has 116 valence electrons. The molecular formula is C18H22N2O2. The molecule has 2 heterocycles. The van der Waals surface area contributed by atoms with Gasteiger partial charge in [-0.1, -0.05) is 32.0 Å². The fraction of sp³-hybridized carbons (Fsp3) is 0.278. The average Bonchev–Trinajstić information content (AvgIpc) is 2.98. The van der Waals surface area contributed by atoms with Crippen molar-refractivity contribution in [3.05, 3.63) is 54.4 Å². The molecule has 0 aliphatic carbocycles. The monoisotopic (exact) mass is 298 g/mol. The summed E-state index contributed by atoms with van der Waals surface area (Å²) in [6.45, 7) is 6.37. The standard InChI is InChI=1S/C16H16N2O2.C2H6/c1-12-5-6-16-17-15(11-18(16)10-12)13-3-2-4-14(9-13)20-8-7-19;1-2/h2-6,9-11,19H,7-8H2,1H3;1-2H3. The van der Waals surface area contributed by atoms with E-state index in [0.29, 0.717) is 6.61 Å². The van der Waals surface area contributed by atoms with Gasteiger partial charge in [0, 0.05) is 18.0 Å². The highest BCUT2D eigenvalue weighted by Gasteiger charge is 2.05. The number of imidazole rings is 1. The Kier molecular flexibility index (Phi) is 5.55. The van der Waals surface area contributed by atoms with Crippen molar-refractivity contribution in [1.29, 1.82) is 0 Å². The molecule has 0 radical (unpaired) electrons. The number of hydrogen-bond acceptors (Lipinski definition) is 3. The summed E-state index contributed by atoms with van der Waals surface area (Å²) in [5.74, 6) is 0.741. The maximum atomic E-state index is 8.79. The maximum absolute atomic E-state index is 8.79. The number of aliphatic hydroxyl groups excluding tert-OH is 1. The number of aliphatic hydroxyl groups is 1. The molecule has 22 heavy (non-hydrogen) atoms. The van der Waals surface area contributed by atoms with Gasteiger partial charge in [-0.15, -0.1) is 0 Å². The highest BCUT2D eigenvalue weighted by molar-refractivity contribution is 5.64. The third-order valence-electron chi connectivity index (χ3n) is 3.09. The predicted octanol–water partition coefficient (Wildman–Crippen LogP) is 3.71. The van der Waals surface area contributed by atoms with Crippen LogP contribution in [-0.2, 0) is 0 Å². The second-order valence-electron chi connectivity index (χ2n) is 4.70. The quantitative estimate of drug-likeness (QED) is 0.798. The summed E-state index contributed by atoms with van der Waals surface area (Å²) in [6.07, 6.45) is 4.06. The Morgan fingerprint density at radius 1 is 1.14 bits per heavy atom. The van der Waals surface area contributed by atoms with Crippen molar-refractivity contribution in [2.24, 2.45) is 0 Å². The van der Waals surface area contributed by atoms with Crippen LogP contribution >= 0.6 is 0 Å². The van der Waals surface area contributed by atoms with E-state index in [1.165, 1.54) is 5.56 Å². The molecule has 3 rings (SSSR count). The lowest BCUT2D eigenvalue weighted by molar-refractivity contribution is 0.201. The van der Waals surface area contributed by atoms with E-state index >= 15 is 0 Å². The van der Waals surface area contributed by atoms with Crippen LogP contribution in [0.25, 0.3) is 16.9 Å². The molecule has 0 aliphatic rings. The zero-order valence-electron chi connectivity index (χ0n) is 13.3. The molecule has 0 unspecified atom stereocenters. The molecule has 0 spiro atoms. The second-order valence-corrected chi connectivity index (χ2v) is 4.70. The van der Waals surface area contributed by atoms with Crippen LogP contribution in [0.5, 0.6) is 5.75 Å². The lowest BCUT2D eigenvalue weighted by Crippen LogP contribution is -2.01. The van der Waals surface area contributed by atoms with E-state index in [1.807, 2.05) is 60.8 Å². The van der Waals surface area contributed by atoms with Crippen LogP contribution in [0.4, 0.5) is 0 Å². The molecular weight excluding hydrogens is 276 g/mol. The number of fused-ring (bicyclic) bond motifs is 1. The first-order valence-corrected chi connectivity index (χ1v) is 7.56. The van der Waals surface area contributed by atoms with E-state index < -0.39 is 0 Å². The number of benzene rings is 1. The van der Waals surface area contributed by atoms with Gasteiger partial charge in [0.05, 0.1) is 12.3 Å². The zero-order valence-corrected chi connectivity index (χ0v) is 13.3. The van der Waals surface area contributed by atoms with Crippen molar-refractivity contribution < 1.29 is 9.84 Å². The molecule has 1 N–H and O–H groups in total. The number of aromatic nitrogens is 2. The topological polar surface area (TPSA) is 46.8 Å². The Hall–Kier alpha value is -2.33. The van der Waals surface area contributed by atoms with Crippen molar-refractivity contribution >= 4 is 5.65 Å². The van der Waals surface area contributed by atoms with Gasteiger partial charge in [-0.05, 0) is 30.7 Å². The van der Waals surface area contributed by atoms with E-state index in [2.05, 4.69) is 18.1 Å². The molecule has 0 atom stereocenters. The largest absolute Gasteiger partial charge is 0.491 e. The van der Waals surface area contributed by atoms with Gasteiger partial charge in [0.25, 0.3) is 0 Å². The summed E-state index contributed by atoms with van der Waals surface area (Å²) in [5.41, 5.74) is 4.03. The van der Waals surface area contributed by atoms with Crippen molar-refractivity contribution in [2.45, 2.75) is 20.8 Å². The third-order valence-corrected chi connectivity index (χ3v) is 3.09. The third kappa shape index (κ3) is 3.65. The molecule has 4 nitrogen and oxygen atoms in total. The first kappa shape index (κ1) is 16.0. The van der Waals surface area contributed by atoms with E-state index in [0.717, 1.165) is 22.7 Å². The van der Waals surface area contributed by atoms with Crippen molar-refractivity contribution in [3.63, 3.8) is 0 Å². The summed E-state index contributed by atoms with van der Waals surface area (Å²) in [5, 5.41) is 8.79. The fourth-order valence-corrected chi connectivity index (χ4v) is 2.15. The molecule has 1 aromatic carbocycles. The summed E-state index contributed by atoms with van der Waals surface area (Å²) < 4.78 is 7.45. The van der Waals surface area contributed by atoms with Crippen LogP contribution in [0.15, 0.2) is 48.8 Å². The summed E-state index contributed by atoms with van der Waals surface area (Å²) in [6, 6.07) is 11.8. The van der Waals surface area contributed by atoms with Crippen LogP contribution in [-0.4, -0.2) is 27.7 Å². The van der Waals surface area contributed by atoms with E-state index in [-0.39, 0.29) is 6.61 Å². The molecule has 0 saturated carbocycles. The lowest BCUT2D eigenvalue weighted by atomic mass is 10.1. The number of rotatable bonds is 4. The Morgan fingerprint density at radius 3 is 2.73 bits per heavy atom. The first-order chi connectivity index (χ1) is 10.8. The number of aryl methyl sites for hydroxylation is 1. The van der Waals surface area contributed by atoms with Gasteiger partial charge in [0.15, 0.2) is 0 Å². The van der Waals surface area contributed by atoms with Crippen LogP contribution < -0.4 is 4.74 Å². The van der Waals surface area contributed by atoms with Crippen LogP contribution in [0.1, 0.15) is 19.4 Å². The number of nitrogens with zero attached hydrogens (tertiary/aromatic N) is 2. The molecule has 0 saturated heterocycles. The van der Waals surface area contributed by atoms with Crippen molar-refractivity contribution in [3.8, 4) is 17.0 Å². The normalized spacial score (nSPS) is 10.2. The Morgan fingerprint density at radius 2 is 1.95 bits per heavy atom. The summed E-state index contributed by atoms with van der Waals surface area (Å²) in [7, 11) is 0. The van der Waals surface area contributed by atoms with Gasteiger partial charge in [-0.25, -0.2) is 4.98 Å². The Bertz CT molecular complexity index is 735. The number of ether oxygens (including phenoxy) is 1. The van der Waals surface area contributed by atoms with E-state index in [4.69, 9.17) is 9.84 Å². The Labute approximate surface area is 131 Å². The maximum Gasteiger partial charge on any atom is 0.137 e. The smallest absolute Gasteiger partial charge is 0.137 e. The van der Waals surface area contributed by atoms with Gasteiger partial charge < -0.3 is 14.2 Å². The molecule has 3 aromatic rings. The predicted molar refractivity (Wildman–Crippen MR) is 89.3 cm³/mol. The van der Waals surface area contributed by atoms with E-state index in [9.17, 15) is 0 Å². The minimum absolute atomic E-state index is 0.0118. The van der Waals surface area contributed by atoms with Gasteiger partial charge in [0.2, 0.25) is 0 Å². The second kappa shape index (κ2) is 7.61. The highest BCUT2D eigenvalue weighted by Crippen LogP contribution is 2.23. The van der Waals surface area contributed by atoms with Crippen molar-refractivity contribution in [2.75, 3.05) is 13.2 Å². The SMILES string of the molecule is CC.Cc1ccc2nc(-c3cccc(OCCO)c3)cn2c1. The molecule has 0 amide bonds. The first-order valence-electron chi connectivity index (χ1n) is 7.56. The van der Waals surface area contributed by atoms with E-state index in [1.54, 1.807) is 0 Å². The lowest BCUT2D eigenvalue weighted by Gasteiger charge is -2.05. The molecule has 0 aliphatic heterocycles. The minimum Gasteiger partial charge on any atom is -0.491 e. The Balaban J connectivity index is 0.000000847. The molecule has 4 heteroatoms. The van der Waals surface area contributed by atoms with Crippen LogP contribution in [0.3, 0.4) is 0 Å². The van der Waals surface area contributed by atoms with Gasteiger partial charge >= 0.3 is 0 Å². The highest BCUT2D eigenvalue weighted by atomic mass is 16.5. The van der Waals surface area contributed by atoms with Gasteiger partial charge in [0.1, 0.15) is 18.0 Å². The van der Waals surface area contributed by atoms with Crippen LogP contribution in [0, 0.1) is 6.92 Å². The van der Waals surface area contributed by atoms with Crippen LogP contribution in [0.2, 0.25) is 0 Å². The molecule has 0 bridgehead atoms. The number of hydrogen-bond donors (Lipinski definition) is 1. The van der Waals surface area contributed by atoms with Gasteiger partial charge in [-0.2, -0.15) is 0 Å². The zero-order chi connectivity index (χ0) is 15.9. The fourth-order valence-electron chi connectivity index (χ4n) is 2.15. The molecule has 0 fully saturated rings. The minimum atomic E-state index is 0.0118. The number of pyridine rings is 1. The summed E-state index contributed by atoms with van der Waals surface area (Å²) >= 11 is 0. The molecule has 2 aromatic heterocycles. The van der Waals surface area contributed by atoms with Crippen molar-refractivity contribution in [1.82, 2.24) is 9.38 Å². The summed E-state index contributed by atoms with van der Waals surface area (Å²) in [4.78, 5) is 4.60. The average molecular weight is 298 g/mol.